The van der Waals surface area contributed by atoms with E-state index in [2.05, 4.69) is 63.1 Å². The standard InChI is InChI=1S/C33H34BrN5OS2/c1-5-36-28-16-9-13-25(20-35)18-29(28)37-33-39(21-24-11-7-6-8-12-24)32(40)31(42-33)23(3)38(4)30(17-22(2)41)26-14-10-15-27(34)19-26/h6-15,17-19,30,36,41H,5,16,21H2,1-4H3/b22-17?,31-23+,37-33?. The molecule has 2 aliphatic rings. The molecule has 1 fully saturated rings. The number of amidine groups is 1. The zero-order valence-electron chi connectivity index (χ0n) is 24.1. The number of rotatable bonds is 9. The Bertz CT molecular complexity index is 1560. The number of thiol groups is 1. The number of nitrogens with one attached hydrogen (secondary N) is 1. The summed E-state index contributed by atoms with van der Waals surface area (Å²) in [6.45, 7) is 7.06. The monoisotopic (exact) mass is 659 g/mol. The summed E-state index contributed by atoms with van der Waals surface area (Å²) in [5.74, 6) is -0.103. The van der Waals surface area contributed by atoms with Crippen molar-refractivity contribution in [2.45, 2.75) is 39.8 Å². The average molecular weight is 661 g/mol. The van der Waals surface area contributed by atoms with Gasteiger partial charge in [-0.05, 0) is 78.9 Å². The van der Waals surface area contributed by atoms with Gasteiger partial charge in [0.2, 0.25) is 0 Å². The Morgan fingerprint density at radius 1 is 1.26 bits per heavy atom. The third kappa shape index (κ3) is 7.68. The van der Waals surface area contributed by atoms with Gasteiger partial charge in [-0.25, -0.2) is 4.99 Å². The van der Waals surface area contributed by atoms with Gasteiger partial charge in [0.15, 0.2) is 5.17 Å². The lowest BCUT2D eigenvalue weighted by atomic mass is 10.0. The van der Waals surface area contributed by atoms with E-state index in [1.165, 1.54) is 11.8 Å². The molecule has 1 aliphatic heterocycles. The van der Waals surface area contributed by atoms with Crippen molar-refractivity contribution in [3.8, 4) is 6.07 Å². The minimum Gasteiger partial charge on any atom is -0.387 e. The number of carbonyl (C=O) groups excluding carboxylic acids is 1. The van der Waals surface area contributed by atoms with E-state index in [1.807, 2.05) is 82.4 Å². The molecule has 1 unspecified atom stereocenters. The van der Waals surface area contributed by atoms with Gasteiger partial charge in [-0.1, -0.05) is 64.5 Å². The normalized spacial score (nSPS) is 18.5. The lowest BCUT2D eigenvalue weighted by molar-refractivity contribution is -0.122. The van der Waals surface area contributed by atoms with Crippen LogP contribution in [0.25, 0.3) is 0 Å². The highest BCUT2D eigenvalue weighted by molar-refractivity contribution is 9.10. The summed E-state index contributed by atoms with van der Waals surface area (Å²) in [5.41, 5.74) is 4.99. The van der Waals surface area contributed by atoms with Crippen molar-refractivity contribution in [2.24, 2.45) is 4.99 Å². The minimum absolute atomic E-state index is 0.103. The molecule has 6 nitrogen and oxygen atoms in total. The van der Waals surface area contributed by atoms with E-state index in [0.29, 0.717) is 34.3 Å². The van der Waals surface area contributed by atoms with Gasteiger partial charge in [0.05, 0.1) is 34.8 Å². The molecule has 1 atom stereocenters. The molecule has 1 amide bonds. The smallest absolute Gasteiger partial charge is 0.268 e. The number of thioether (sulfide) groups is 1. The Morgan fingerprint density at radius 3 is 2.69 bits per heavy atom. The molecule has 0 aromatic heterocycles. The number of amides is 1. The number of nitrogens with zero attached hydrogens (tertiary/aromatic N) is 4. The fourth-order valence-electron chi connectivity index (χ4n) is 4.68. The number of halogens is 1. The zero-order valence-corrected chi connectivity index (χ0v) is 27.4. The number of nitriles is 1. The average Bonchev–Trinajstić information content (AvgIpc) is 3.14. The van der Waals surface area contributed by atoms with Crippen LogP contribution in [0.5, 0.6) is 0 Å². The molecule has 1 saturated heterocycles. The summed E-state index contributed by atoms with van der Waals surface area (Å²) in [5, 5.41) is 13.6. The van der Waals surface area contributed by atoms with Crippen LogP contribution in [0, 0.1) is 11.3 Å². The topological polar surface area (TPSA) is 71.7 Å². The first-order chi connectivity index (χ1) is 20.2. The van der Waals surface area contributed by atoms with Crippen LogP contribution < -0.4 is 5.32 Å². The van der Waals surface area contributed by atoms with Gasteiger partial charge in [-0.3, -0.25) is 9.69 Å². The van der Waals surface area contributed by atoms with E-state index in [4.69, 9.17) is 4.99 Å². The molecule has 0 spiro atoms. The zero-order chi connectivity index (χ0) is 30.2. The first-order valence-electron chi connectivity index (χ1n) is 13.7. The number of carbonyl (C=O) groups is 1. The molecule has 2 aromatic rings. The van der Waals surface area contributed by atoms with Crippen LogP contribution in [0.2, 0.25) is 0 Å². The Labute approximate surface area is 266 Å². The van der Waals surface area contributed by atoms with Gasteiger partial charge >= 0.3 is 0 Å². The van der Waals surface area contributed by atoms with Crippen molar-refractivity contribution >= 4 is 51.4 Å². The number of hydrogen-bond donors (Lipinski definition) is 2. The largest absolute Gasteiger partial charge is 0.387 e. The predicted octanol–water partition coefficient (Wildman–Crippen LogP) is 7.85. The maximum atomic E-state index is 14.1. The van der Waals surface area contributed by atoms with Crippen LogP contribution >= 0.6 is 40.3 Å². The lowest BCUT2D eigenvalue weighted by Gasteiger charge is -2.30. The first kappa shape index (κ1) is 31.5. The molecule has 0 radical (unpaired) electrons. The predicted molar refractivity (Wildman–Crippen MR) is 180 cm³/mol. The summed E-state index contributed by atoms with van der Waals surface area (Å²) >= 11 is 9.54. The van der Waals surface area contributed by atoms with E-state index >= 15 is 0 Å². The first-order valence-corrected chi connectivity index (χ1v) is 15.7. The third-order valence-electron chi connectivity index (χ3n) is 6.87. The summed E-state index contributed by atoms with van der Waals surface area (Å²) in [6, 6.07) is 20.2. The van der Waals surface area contributed by atoms with Gasteiger partial charge in [0.25, 0.3) is 5.91 Å². The van der Waals surface area contributed by atoms with Gasteiger partial charge < -0.3 is 10.2 Å². The van der Waals surface area contributed by atoms with E-state index in [1.54, 1.807) is 11.0 Å². The van der Waals surface area contributed by atoms with Gasteiger partial charge in [-0.15, -0.1) is 12.6 Å². The summed E-state index contributed by atoms with van der Waals surface area (Å²) in [6.07, 6.45) is 8.24. The van der Waals surface area contributed by atoms with Crippen molar-refractivity contribution < 1.29 is 4.79 Å². The van der Waals surface area contributed by atoms with Gasteiger partial charge in [0.1, 0.15) is 0 Å². The summed E-state index contributed by atoms with van der Waals surface area (Å²) < 4.78 is 0.983. The lowest BCUT2D eigenvalue weighted by Crippen LogP contribution is -2.30. The van der Waals surface area contributed by atoms with E-state index < -0.39 is 0 Å². The van der Waals surface area contributed by atoms with E-state index in [-0.39, 0.29) is 11.9 Å². The molecule has 4 rings (SSSR count). The third-order valence-corrected chi connectivity index (χ3v) is 8.68. The van der Waals surface area contributed by atoms with Crippen molar-refractivity contribution in [1.29, 1.82) is 5.26 Å². The van der Waals surface area contributed by atoms with Crippen LogP contribution in [0.1, 0.15) is 44.4 Å². The summed E-state index contributed by atoms with van der Waals surface area (Å²) in [4.78, 5) is 24.5. The number of allylic oxidation sites excluding steroid dienone is 6. The second-order valence-corrected chi connectivity index (χ2v) is 12.5. The molecule has 1 aliphatic carbocycles. The molecule has 42 heavy (non-hydrogen) atoms. The molecule has 9 heteroatoms. The fraction of sp³-hybridized carbons (Fsp3) is 0.242. The van der Waals surface area contributed by atoms with Crippen molar-refractivity contribution in [3.05, 3.63) is 127 Å². The SMILES string of the molecule is CCNC1=C(N=C2S/C(=C(\C)N(C)C(C=C(C)S)c3cccc(Br)c3)C(=O)N2Cc2ccccc2)C=C(C#N)C=CC1. The van der Waals surface area contributed by atoms with Gasteiger partial charge in [-0.2, -0.15) is 5.26 Å². The molecule has 2 aromatic carbocycles. The summed E-state index contributed by atoms with van der Waals surface area (Å²) in [7, 11) is 2.00. The molecule has 1 heterocycles. The van der Waals surface area contributed by atoms with Crippen LogP contribution in [0.15, 0.2) is 121 Å². The molecule has 1 N–H and O–H groups in total. The van der Waals surface area contributed by atoms with Crippen LogP contribution in [-0.2, 0) is 11.3 Å². The second kappa shape index (κ2) is 14.6. The molecular formula is C33H34BrN5OS2. The van der Waals surface area contributed by atoms with Crippen molar-refractivity contribution in [3.63, 3.8) is 0 Å². The highest BCUT2D eigenvalue weighted by Gasteiger charge is 2.36. The fourth-order valence-corrected chi connectivity index (χ4v) is 6.31. The van der Waals surface area contributed by atoms with Crippen molar-refractivity contribution in [1.82, 2.24) is 15.1 Å². The van der Waals surface area contributed by atoms with Crippen LogP contribution in [0.3, 0.4) is 0 Å². The van der Waals surface area contributed by atoms with Crippen molar-refractivity contribution in [2.75, 3.05) is 13.6 Å². The number of hydrogen-bond acceptors (Lipinski definition) is 7. The van der Waals surface area contributed by atoms with E-state index in [0.717, 1.165) is 38.4 Å². The number of aliphatic imine (C=N–C) groups is 1. The molecule has 0 bridgehead atoms. The number of benzene rings is 2. The highest BCUT2D eigenvalue weighted by atomic mass is 79.9. The Kier molecular flexibility index (Phi) is 11.0. The Morgan fingerprint density at radius 2 is 2.02 bits per heavy atom. The molecular weight excluding hydrogens is 626 g/mol. The van der Waals surface area contributed by atoms with Gasteiger partial charge in [0, 0.05) is 35.9 Å². The highest BCUT2D eigenvalue weighted by Crippen LogP contribution is 2.39. The van der Waals surface area contributed by atoms with Crippen LogP contribution in [0.4, 0.5) is 0 Å². The maximum Gasteiger partial charge on any atom is 0.268 e. The molecule has 0 saturated carbocycles. The van der Waals surface area contributed by atoms with E-state index in [9.17, 15) is 10.1 Å². The Balaban J connectivity index is 1.82. The molecule has 216 valence electrons. The van der Waals surface area contributed by atoms with Crippen LogP contribution in [-0.4, -0.2) is 34.5 Å². The quantitative estimate of drug-likeness (QED) is 0.212. The minimum atomic E-state index is -0.137. The number of likely N-dealkylation sites (N-methyl/N-ethyl adjacent to an activating group) is 1. The maximum absolute atomic E-state index is 14.1. The Hall–Kier alpha value is -3.45. The second-order valence-electron chi connectivity index (χ2n) is 9.92.